The number of aromatic nitrogens is 1. The number of methoxy groups -OCH3 is 1. The number of rotatable bonds is 8. The number of hydrogen-bond acceptors (Lipinski definition) is 5. The molecule has 2 aliphatic heterocycles. The molecular weight excluding hydrogens is 402 g/mol. The fourth-order valence-corrected chi connectivity index (χ4v) is 4.22. The number of aryl methyl sites for hydroxylation is 1. The van der Waals surface area contributed by atoms with Gasteiger partial charge >= 0.3 is 0 Å². The van der Waals surface area contributed by atoms with E-state index in [0.29, 0.717) is 24.5 Å². The first-order chi connectivity index (χ1) is 15.7. The molecule has 0 atom stereocenters. The number of fused-ring (bicyclic) bond motifs is 1. The maximum absolute atomic E-state index is 13.3. The maximum atomic E-state index is 13.3. The highest BCUT2D eigenvalue weighted by atomic mass is 16.5. The van der Waals surface area contributed by atoms with Gasteiger partial charge in [0.15, 0.2) is 0 Å². The van der Waals surface area contributed by atoms with Crippen LogP contribution in [-0.4, -0.2) is 60.6 Å². The molecule has 168 valence electrons. The Labute approximate surface area is 190 Å². The zero-order chi connectivity index (χ0) is 22.3. The first-order valence-corrected chi connectivity index (χ1v) is 11.3. The Balaban J connectivity index is 1.34. The largest absolute Gasteiger partial charge is 0.462 e. The van der Waals surface area contributed by atoms with Gasteiger partial charge in [-0.3, -0.25) is 14.7 Å². The van der Waals surface area contributed by atoms with E-state index in [4.69, 9.17) is 9.47 Å². The van der Waals surface area contributed by atoms with E-state index in [-0.39, 0.29) is 5.91 Å². The summed E-state index contributed by atoms with van der Waals surface area (Å²) in [4.78, 5) is 22.0. The predicted molar refractivity (Wildman–Crippen MR) is 125 cm³/mol. The van der Waals surface area contributed by atoms with E-state index in [0.717, 1.165) is 55.9 Å². The van der Waals surface area contributed by atoms with Gasteiger partial charge in [0.1, 0.15) is 12.0 Å². The number of carbonyl (C=O) groups excluding carboxylic acids is 1. The number of benzene rings is 1. The fourth-order valence-electron chi connectivity index (χ4n) is 4.22. The molecule has 1 aromatic carbocycles. The van der Waals surface area contributed by atoms with Crippen LogP contribution in [0.25, 0.3) is 5.57 Å². The topological polar surface area (TPSA) is 54.9 Å². The normalized spacial score (nSPS) is 16.7. The van der Waals surface area contributed by atoms with Crippen LogP contribution < -0.4 is 4.74 Å². The van der Waals surface area contributed by atoms with Crippen molar-refractivity contribution < 1.29 is 14.3 Å². The van der Waals surface area contributed by atoms with Crippen molar-refractivity contribution in [1.82, 2.24) is 14.8 Å². The van der Waals surface area contributed by atoms with Crippen molar-refractivity contribution in [3.05, 3.63) is 77.5 Å². The minimum atomic E-state index is -0.0286. The number of carbonyl (C=O) groups is 1. The zero-order valence-corrected chi connectivity index (χ0v) is 18.9. The Morgan fingerprint density at radius 1 is 1.16 bits per heavy atom. The molecule has 0 fully saturated rings. The molecular formula is C26H31N3O3. The molecule has 2 aromatic rings. The monoisotopic (exact) mass is 433 g/mol. The number of nitrogens with zero attached hydrogens (tertiary/aromatic N) is 3. The van der Waals surface area contributed by atoms with Crippen molar-refractivity contribution in [3.63, 3.8) is 0 Å². The number of amides is 1. The molecule has 0 saturated carbocycles. The van der Waals surface area contributed by atoms with E-state index in [1.165, 1.54) is 5.57 Å². The summed E-state index contributed by atoms with van der Waals surface area (Å²) in [7, 11) is 1.63. The lowest BCUT2D eigenvalue weighted by atomic mass is 10.1. The van der Waals surface area contributed by atoms with Gasteiger partial charge in [-0.05, 0) is 68.1 Å². The van der Waals surface area contributed by atoms with Crippen molar-refractivity contribution >= 4 is 11.5 Å². The molecule has 0 radical (unpaired) electrons. The zero-order valence-electron chi connectivity index (χ0n) is 18.9. The van der Waals surface area contributed by atoms with Gasteiger partial charge in [0.2, 0.25) is 0 Å². The van der Waals surface area contributed by atoms with Crippen molar-refractivity contribution in [2.24, 2.45) is 0 Å². The van der Waals surface area contributed by atoms with Crippen LogP contribution in [0.2, 0.25) is 0 Å². The highest BCUT2D eigenvalue weighted by Gasteiger charge is 2.26. The Morgan fingerprint density at radius 2 is 2.03 bits per heavy atom. The predicted octanol–water partition coefficient (Wildman–Crippen LogP) is 4.28. The number of pyridine rings is 1. The van der Waals surface area contributed by atoms with Gasteiger partial charge in [-0.2, -0.15) is 0 Å². The van der Waals surface area contributed by atoms with E-state index in [1.807, 2.05) is 43.5 Å². The summed E-state index contributed by atoms with van der Waals surface area (Å²) in [6.07, 6.45) is 8.78. The molecule has 0 saturated heterocycles. The second-order valence-corrected chi connectivity index (χ2v) is 8.33. The summed E-state index contributed by atoms with van der Waals surface area (Å²) in [6, 6.07) is 11.8. The molecule has 6 heteroatoms. The van der Waals surface area contributed by atoms with E-state index in [1.54, 1.807) is 18.3 Å². The highest BCUT2D eigenvalue weighted by molar-refractivity contribution is 5.98. The summed E-state index contributed by atoms with van der Waals surface area (Å²) in [5.74, 6) is 0.576. The van der Waals surface area contributed by atoms with Crippen molar-refractivity contribution in [2.45, 2.75) is 26.2 Å². The molecule has 1 amide bonds. The van der Waals surface area contributed by atoms with Gasteiger partial charge in [0.25, 0.3) is 5.91 Å². The third-order valence-electron chi connectivity index (χ3n) is 5.90. The quantitative estimate of drug-likeness (QED) is 0.582. The second kappa shape index (κ2) is 10.6. The second-order valence-electron chi connectivity index (χ2n) is 8.33. The molecule has 0 spiro atoms. The SMILES string of the molecule is COCC1=COc2cc(C)ccc2C(=O)N1CCCCN1CCC=C(c2ccccn2)C1. The minimum Gasteiger partial charge on any atom is -0.462 e. The fraction of sp³-hybridized carbons (Fsp3) is 0.385. The Morgan fingerprint density at radius 3 is 2.84 bits per heavy atom. The molecule has 6 nitrogen and oxygen atoms in total. The van der Waals surface area contributed by atoms with Gasteiger partial charge in [-0.15, -0.1) is 0 Å². The number of hydrogen-bond donors (Lipinski definition) is 0. The van der Waals surface area contributed by atoms with Crippen LogP contribution >= 0.6 is 0 Å². The lowest BCUT2D eigenvalue weighted by molar-refractivity contribution is 0.0771. The Hall–Kier alpha value is -2.96. The molecule has 1 aromatic heterocycles. The molecule has 0 unspecified atom stereocenters. The molecule has 32 heavy (non-hydrogen) atoms. The lowest BCUT2D eigenvalue weighted by Gasteiger charge is -2.28. The van der Waals surface area contributed by atoms with Crippen molar-refractivity contribution in [2.75, 3.05) is 39.9 Å². The molecule has 0 N–H and O–H groups in total. The van der Waals surface area contributed by atoms with E-state index >= 15 is 0 Å². The van der Waals surface area contributed by atoms with Crippen LogP contribution in [0.5, 0.6) is 5.75 Å². The summed E-state index contributed by atoms with van der Waals surface area (Å²) in [5, 5.41) is 0. The Kier molecular flexibility index (Phi) is 7.35. The number of unbranched alkanes of at least 4 members (excludes halogenated alkanes) is 1. The first-order valence-electron chi connectivity index (χ1n) is 11.3. The first kappa shape index (κ1) is 22.2. The van der Waals surface area contributed by atoms with Crippen LogP contribution in [0.3, 0.4) is 0 Å². The molecule has 3 heterocycles. The molecule has 2 aliphatic rings. The van der Waals surface area contributed by atoms with Crippen LogP contribution in [0.1, 0.15) is 40.9 Å². The van der Waals surface area contributed by atoms with Gasteiger partial charge < -0.3 is 14.4 Å². The summed E-state index contributed by atoms with van der Waals surface area (Å²) in [6.45, 7) is 5.96. The van der Waals surface area contributed by atoms with Gasteiger partial charge in [-0.25, -0.2) is 0 Å². The van der Waals surface area contributed by atoms with E-state index in [2.05, 4.69) is 22.0 Å². The van der Waals surface area contributed by atoms with Crippen LogP contribution in [0, 0.1) is 6.92 Å². The summed E-state index contributed by atoms with van der Waals surface area (Å²) >= 11 is 0. The average Bonchev–Trinajstić information content (AvgIpc) is 2.94. The molecule has 0 bridgehead atoms. The standard InChI is InChI=1S/C26H31N3O3/c1-20-10-11-23-25(16-20)32-19-22(18-31-2)29(26(23)30)15-6-5-13-28-14-7-8-21(17-28)24-9-3-4-12-27-24/h3-4,8-12,16,19H,5-7,13-15,17-18H2,1-2H3. The van der Waals surface area contributed by atoms with Gasteiger partial charge in [-0.1, -0.05) is 18.2 Å². The molecule has 0 aliphatic carbocycles. The van der Waals surface area contributed by atoms with Crippen molar-refractivity contribution in [1.29, 1.82) is 0 Å². The van der Waals surface area contributed by atoms with Crippen LogP contribution in [-0.2, 0) is 4.74 Å². The third kappa shape index (κ3) is 5.26. The lowest BCUT2D eigenvalue weighted by Crippen LogP contribution is -2.34. The highest BCUT2D eigenvalue weighted by Crippen LogP contribution is 2.28. The van der Waals surface area contributed by atoms with E-state index in [9.17, 15) is 4.79 Å². The maximum Gasteiger partial charge on any atom is 0.261 e. The summed E-state index contributed by atoms with van der Waals surface area (Å²) in [5.41, 5.74) is 4.78. The van der Waals surface area contributed by atoms with Crippen molar-refractivity contribution in [3.8, 4) is 5.75 Å². The van der Waals surface area contributed by atoms with Crippen LogP contribution in [0.15, 0.2) is 60.6 Å². The van der Waals surface area contributed by atoms with Gasteiger partial charge in [0.05, 0.1) is 23.6 Å². The number of ether oxygens (including phenoxy) is 2. The molecule has 4 rings (SSSR count). The van der Waals surface area contributed by atoms with Gasteiger partial charge in [0, 0.05) is 32.9 Å². The Bertz CT molecular complexity index is 1000. The smallest absolute Gasteiger partial charge is 0.261 e. The average molecular weight is 434 g/mol. The summed E-state index contributed by atoms with van der Waals surface area (Å²) < 4.78 is 11.2. The third-order valence-corrected chi connectivity index (χ3v) is 5.90. The minimum absolute atomic E-state index is 0.0286. The van der Waals surface area contributed by atoms with Crippen LogP contribution in [0.4, 0.5) is 0 Å². The van der Waals surface area contributed by atoms with E-state index < -0.39 is 0 Å².